The van der Waals surface area contributed by atoms with Crippen molar-refractivity contribution in [3.8, 4) is 11.8 Å². The van der Waals surface area contributed by atoms with Gasteiger partial charge in [-0.1, -0.05) is 11.6 Å². The molecule has 0 aliphatic rings. The number of aromatic carboxylic acids is 1. The van der Waals surface area contributed by atoms with Crippen LogP contribution in [0.4, 0.5) is 11.4 Å². The lowest BCUT2D eigenvalue weighted by molar-refractivity contribution is -0.112. The molecule has 0 saturated carbocycles. The zero-order valence-electron chi connectivity index (χ0n) is 14.5. The van der Waals surface area contributed by atoms with Crippen LogP contribution < -0.4 is 15.4 Å². The van der Waals surface area contributed by atoms with Gasteiger partial charge in [0.15, 0.2) is 0 Å². The minimum atomic E-state index is -1.07. The molecule has 0 aromatic heterocycles. The number of hydrogen-bond acceptors (Lipinski definition) is 5. The Morgan fingerprint density at radius 2 is 1.93 bits per heavy atom. The number of rotatable bonds is 6. The number of aryl methyl sites for hydroxylation is 1. The number of ether oxygens (including phenoxy) is 1. The van der Waals surface area contributed by atoms with E-state index in [9.17, 15) is 14.9 Å². The van der Waals surface area contributed by atoms with Crippen molar-refractivity contribution in [1.29, 1.82) is 5.26 Å². The number of benzene rings is 2. The molecule has 0 bridgehead atoms. The quantitative estimate of drug-likeness (QED) is 0.515. The highest BCUT2D eigenvalue weighted by Crippen LogP contribution is 2.31. The zero-order chi connectivity index (χ0) is 20.0. The minimum absolute atomic E-state index is 0.0934. The minimum Gasteiger partial charge on any atom is -0.495 e. The summed E-state index contributed by atoms with van der Waals surface area (Å²) < 4.78 is 5.23. The molecular formula is C19H16ClN3O4. The maximum atomic E-state index is 12.2. The van der Waals surface area contributed by atoms with Crippen molar-refractivity contribution in [2.45, 2.75) is 6.92 Å². The normalized spacial score (nSPS) is 10.7. The predicted molar refractivity (Wildman–Crippen MR) is 102 cm³/mol. The van der Waals surface area contributed by atoms with E-state index in [0.717, 1.165) is 5.56 Å². The Morgan fingerprint density at radius 1 is 1.26 bits per heavy atom. The lowest BCUT2D eigenvalue weighted by atomic mass is 10.2. The topological polar surface area (TPSA) is 111 Å². The first-order valence-electron chi connectivity index (χ1n) is 7.71. The Hall–Kier alpha value is -3.50. The smallest absolute Gasteiger partial charge is 0.335 e. The molecule has 0 aliphatic heterocycles. The van der Waals surface area contributed by atoms with Crippen molar-refractivity contribution < 1.29 is 19.4 Å². The molecule has 0 atom stereocenters. The van der Waals surface area contributed by atoms with Crippen molar-refractivity contribution in [3.63, 3.8) is 0 Å². The molecule has 0 spiro atoms. The monoisotopic (exact) mass is 385 g/mol. The molecule has 2 rings (SSSR count). The van der Waals surface area contributed by atoms with Crippen molar-refractivity contribution in [2.75, 3.05) is 17.7 Å². The molecule has 2 aromatic rings. The van der Waals surface area contributed by atoms with Gasteiger partial charge in [-0.25, -0.2) is 4.79 Å². The maximum Gasteiger partial charge on any atom is 0.335 e. The van der Waals surface area contributed by atoms with Gasteiger partial charge in [0.1, 0.15) is 17.4 Å². The lowest BCUT2D eigenvalue weighted by Crippen LogP contribution is -2.14. The summed E-state index contributed by atoms with van der Waals surface area (Å²) in [5, 5.41) is 24.0. The summed E-state index contributed by atoms with van der Waals surface area (Å²) in [5.74, 6) is -1.25. The second-order valence-corrected chi connectivity index (χ2v) is 5.86. The number of methoxy groups -OCH3 is 1. The molecule has 0 saturated heterocycles. The van der Waals surface area contributed by atoms with Gasteiger partial charge in [0.2, 0.25) is 0 Å². The number of nitrogens with one attached hydrogen (secondary N) is 2. The van der Waals surface area contributed by atoms with Gasteiger partial charge in [-0.05, 0) is 42.8 Å². The Bertz CT molecular complexity index is 947. The second kappa shape index (κ2) is 8.74. The summed E-state index contributed by atoms with van der Waals surface area (Å²) >= 11 is 6.05. The molecule has 0 fully saturated rings. The molecule has 1 amide bonds. The highest BCUT2D eigenvalue weighted by Gasteiger charge is 2.12. The third-order valence-electron chi connectivity index (χ3n) is 3.61. The number of amides is 1. The number of carbonyl (C=O) groups is 2. The predicted octanol–water partition coefficient (Wildman–Crippen LogP) is 3.81. The molecule has 2 aromatic carbocycles. The first-order valence-corrected chi connectivity index (χ1v) is 8.09. The van der Waals surface area contributed by atoms with Crippen LogP contribution in [-0.2, 0) is 4.79 Å². The fourth-order valence-corrected chi connectivity index (χ4v) is 2.29. The Labute approximate surface area is 160 Å². The van der Waals surface area contributed by atoms with E-state index < -0.39 is 11.9 Å². The first kappa shape index (κ1) is 19.8. The number of anilines is 2. The van der Waals surface area contributed by atoms with Crippen LogP contribution >= 0.6 is 11.6 Å². The molecule has 0 unspecified atom stereocenters. The highest BCUT2D eigenvalue weighted by molar-refractivity contribution is 6.31. The van der Waals surface area contributed by atoms with Gasteiger partial charge in [-0.2, -0.15) is 5.26 Å². The maximum absolute atomic E-state index is 12.2. The van der Waals surface area contributed by atoms with Crippen LogP contribution in [-0.4, -0.2) is 24.1 Å². The Balaban J connectivity index is 2.16. The summed E-state index contributed by atoms with van der Waals surface area (Å²) in [6.07, 6.45) is 1.26. The summed E-state index contributed by atoms with van der Waals surface area (Å²) in [4.78, 5) is 23.1. The molecule has 0 radical (unpaired) electrons. The van der Waals surface area contributed by atoms with E-state index >= 15 is 0 Å². The third kappa shape index (κ3) is 5.00. The number of halogens is 1. The SMILES string of the molecule is COc1cc(Cl)c(C)cc1N/C=C(/C#N)C(=O)Nc1ccc(C(=O)O)cc1. The number of carbonyl (C=O) groups excluding carboxylic acids is 1. The number of carboxylic acids is 1. The van der Waals surface area contributed by atoms with Crippen molar-refractivity contribution in [3.05, 3.63) is 64.3 Å². The Morgan fingerprint density at radius 3 is 2.48 bits per heavy atom. The van der Waals surface area contributed by atoms with E-state index in [2.05, 4.69) is 10.6 Å². The molecule has 0 aliphatic carbocycles. The molecule has 138 valence electrons. The molecule has 7 nitrogen and oxygen atoms in total. The van der Waals surface area contributed by atoms with Crippen LogP contribution in [0.15, 0.2) is 48.2 Å². The lowest BCUT2D eigenvalue weighted by Gasteiger charge is -2.11. The van der Waals surface area contributed by atoms with Crippen LogP contribution in [0.5, 0.6) is 5.75 Å². The van der Waals surface area contributed by atoms with Crippen LogP contribution in [0.2, 0.25) is 5.02 Å². The largest absolute Gasteiger partial charge is 0.495 e. The number of nitriles is 1. The van der Waals surface area contributed by atoms with E-state index in [-0.39, 0.29) is 11.1 Å². The van der Waals surface area contributed by atoms with Gasteiger partial charge in [0.25, 0.3) is 5.91 Å². The van der Waals surface area contributed by atoms with Gasteiger partial charge >= 0.3 is 5.97 Å². The number of nitrogens with zero attached hydrogens (tertiary/aromatic N) is 1. The van der Waals surface area contributed by atoms with Crippen LogP contribution in [0.1, 0.15) is 15.9 Å². The van der Waals surface area contributed by atoms with Gasteiger partial charge < -0.3 is 20.5 Å². The van der Waals surface area contributed by atoms with Crippen molar-refractivity contribution in [1.82, 2.24) is 0 Å². The summed E-state index contributed by atoms with van der Waals surface area (Å²) in [6.45, 7) is 1.81. The number of hydrogen-bond donors (Lipinski definition) is 3. The van der Waals surface area contributed by atoms with Crippen LogP contribution in [0.3, 0.4) is 0 Å². The average Bonchev–Trinajstić information content (AvgIpc) is 2.65. The zero-order valence-corrected chi connectivity index (χ0v) is 15.3. The second-order valence-electron chi connectivity index (χ2n) is 5.45. The fraction of sp³-hybridized carbons (Fsp3) is 0.105. The van der Waals surface area contributed by atoms with Crippen molar-refractivity contribution >= 4 is 34.9 Å². The van der Waals surface area contributed by atoms with Gasteiger partial charge in [-0.15, -0.1) is 0 Å². The van der Waals surface area contributed by atoms with Crippen LogP contribution in [0, 0.1) is 18.3 Å². The van der Waals surface area contributed by atoms with Crippen molar-refractivity contribution in [2.24, 2.45) is 0 Å². The van der Waals surface area contributed by atoms with E-state index in [0.29, 0.717) is 22.1 Å². The standard InChI is InChI=1S/C19H16ClN3O4/c1-11-7-16(17(27-2)8-15(11)20)22-10-13(9-21)18(24)23-14-5-3-12(4-6-14)19(25)26/h3-8,10,22H,1-2H3,(H,23,24)(H,25,26)/b13-10-. The first-order chi connectivity index (χ1) is 12.8. The van der Waals surface area contributed by atoms with Gasteiger partial charge in [-0.3, -0.25) is 4.79 Å². The van der Waals surface area contributed by atoms with E-state index in [1.165, 1.54) is 37.6 Å². The molecule has 0 heterocycles. The van der Waals surface area contributed by atoms with Gasteiger partial charge in [0, 0.05) is 23.0 Å². The highest BCUT2D eigenvalue weighted by atomic mass is 35.5. The van der Waals surface area contributed by atoms with E-state index in [4.69, 9.17) is 21.4 Å². The van der Waals surface area contributed by atoms with E-state index in [1.54, 1.807) is 12.1 Å². The summed E-state index contributed by atoms with van der Waals surface area (Å²) in [6, 6.07) is 10.8. The third-order valence-corrected chi connectivity index (χ3v) is 4.01. The molecule has 8 heteroatoms. The average molecular weight is 386 g/mol. The molecule has 27 heavy (non-hydrogen) atoms. The van der Waals surface area contributed by atoms with E-state index in [1.807, 2.05) is 13.0 Å². The fourth-order valence-electron chi connectivity index (χ4n) is 2.14. The Kier molecular flexibility index (Phi) is 6.41. The van der Waals surface area contributed by atoms with Crippen LogP contribution in [0.25, 0.3) is 0 Å². The molecular weight excluding hydrogens is 370 g/mol. The van der Waals surface area contributed by atoms with Gasteiger partial charge in [0.05, 0.1) is 18.4 Å². The molecule has 3 N–H and O–H groups in total. The summed E-state index contributed by atoms with van der Waals surface area (Å²) in [7, 11) is 1.48. The summed E-state index contributed by atoms with van der Waals surface area (Å²) in [5.41, 5.74) is 1.63. The number of carboxylic acid groups (broad SMARTS) is 1.